The molecule has 0 fully saturated rings. The number of thiol groups is 1. The number of halogens is 1. The second-order valence-electron chi connectivity index (χ2n) is 4.23. The molecule has 0 spiro atoms. The van der Waals surface area contributed by atoms with Gasteiger partial charge in [-0.05, 0) is 18.1 Å². The van der Waals surface area contributed by atoms with Gasteiger partial charge in [0.2, 0.25) is 0 Å². The van der Waals surface area contributed by atoms with Gasteiger partial charge in [-0.2, -0.15) is 0 Å². The molecule has 1 aromatic rings. The van der Waals surface area contributed by atoms with Gasteiger partial charge in [0.15, 0.2) is 0 Å². The van der Waals surface area contributed by atoms with E-state index in [4.69, 9.17) is 0 Å². The van der Waals surface area contributed by atoms with Crippen molar-refractivity contribution in [3.8, 4) is 0 Å². The molecule has 1 unspecified atom stereocenters. The predicted molar refractivity (Wildman–Crippen MR) is 92.4 cm³/mol. The molecule has 0 aliphatic heterocycles. The van der Waals surface area contributed by atoms with Gasteiger partial charge in [0.05, 0.1) is 0 Å². The second kappa shape index (κ2) is 11.7. The van der Waals surface area contributed by atoms with E-state index in [0.29, 0.717) is 3.92 Å². The maximum atomic E-state index is 4.51. The third-order valence-corrected chi connectivity index (χ3v) is 4.54. The Kier molecular flexibility index (Phi) is 13.0. The fraction of sp³-hybridized carbons (Fsp3) is 0.571. The van der Waals surface area contributed by atoms with E-state index in [2.05, 4.69) is 66.4 Å². The summed E-state index contributed by atoms with van der Waals surface area (Å²) in [5.74, 6) is 0. The Bertz CT molecular complexity index is 304. The van der Waals surface area contributed by atoms with Crippen LogP contribution in [0.2, 0.25) is 0 Å². The predicted octanol–water partition coefficient (Wildman–Crippen LogP) is 4.90. The van der Waals surface area contributed by atoms with Crippen molar-refractivity contribution in [2.24, 2.45) is 0 Å². The molecule has 0 aliphatic rings. The van der Waals surface area contributed by atoms with Gasteiger partial charge in [-0.15, -0.1) is 12.6 Å². The number of alkyl halides is 1. The van der Waals surface area contributed by atoms with Crippen molar-refractivity contribution in [2.45, 2.75) is 54.3 Å². The van der Waals surface area contributed by atoms with Crippen LogP contribution in [0, 0.1) is 0 Å². The first-order chi connectivity index (χ1) is 7.75. The molecule has 94 valence electrons. The summed E-state index contributed by atoms with van der Waals surface area (Å²) >= 11 is 7.06. The molecule has 1 atom stereocenters. The standard InChI is InChI=1S/C14H21IS.Ba.2H/c1-2-3-4-5-6-10-13(15)12-9-7-8-11-14(12)16;;;/h7-9,11,13,16H,2-6,10H2,1H3;;;. The van der Waals surface area contributed by atoms with Crippen LogP contribution in [0.4, 0.5) is 0 Å². The molecule has 0 nitrogen and oxygen atoms in total. The first kappa shape index (κ1) is 18.9. The van der Waals surface area contributed by atoms with Crippen LogP contribution < -0.4 is 0 Å². The molecule has 0 N–H and O–H groups in total. The van der Waals surface area contributed by atoms with E-state index in [9.17, 15) is 0 Å². The topological polar surface area (TPSA) is 0 Å². The molecular weight excluding hydrogens is 464 g/mol. The Morgan fingerprint density at radius 2 is 1.76 bits per heavy atom. The van der Waals surface area contributed by atoms with Crippen molar-refractivity contribution < 1.29 is 0 Å². The summed E-state index contributed by atoms with van der Waals surface area (Å²) < 4.78 is 0.618. The van der Waals surface area contributed by atoms with E-state index in [1.54, 1.807) is 0 Å². The Hall–Kier alpha value is 1.87. The zero-order chi connectivity index (χ0) is 11.8. The SMILES string of the molecule is CCCCCCCC(I)c1ccccc1S.[BaH2]. The second-order valence-corrected chi connectivity index (χ2v) is 6.21. The summed E-state index contributed by atoms with van der Waals surface area (Å²) in [5.41, 5.74) is 1.39. The van der Waals surface area contributed by atoms with Gasteiger partial charge in [-0.3, -0.25) is 0 Å². The molecule has 1 rings (SSSR count). The van der Waals surface area contributed by atoms with Crippen LogP contribution in [0.3, 0.4) is 0 Å². The van der Waals surface area contributed by atoms with E-state index in [0.717, 1.165) is 4.90 Å². The summed E-state index contributed by atoms with van der Waals surface area (Å²) in [4.78, 5) is 1.13. The molecular formula is C14H23BaIS. The summed E-state index contributed by atoms with van der Waals surface area (Å²) in [6.45, 7) is 2.26. The molecule has 17 heavy (non-hydrogen) atoms. The van der Waals surface area contributed by atoms with Gasteiger partial charge < -0.3 is 0 Å². The Morgan fingerprint density at radius 3 is 2.41 bits per heavy atom. The molecule has 3 heteroatoms. The van der Waals surface area contributed by atoms with Crippen molar-refractivity contribution >= 4 is 84.1 Å². The average Bonchev–Trinajstić information content (AvgIpc) is 2.29. The van der Waals surface area contributed by atoms with Crippen molar-refractivity contribution in [1.29, 1.82) is 0 Å². The zero-order valence-electron chi connectivity index (χ0n) is 9.95. The van der Waals surface area contributed by atoms with E-state index < -0.39 is 0 Å². The van der Waals surface area contributed by atoms with Gasteiger partial charge >= 0.3 is 48.9 Å². The van der Waals surface area contributed by atoms with Gasteiger partial charge in [-0.25, -0.2) is 0 Å². The third kappa shape index (κ3) is 7.90. The van der Waals surface area contributed by atoms with Crippen LogP contribution in [-0.4, -0.2) is 48.9 Å². The van der Waals surface area contributed by atoms with Crippen molar-refractivity contribution in [3.05, 3.63) is 29.8 Å². The minimum atomic E-state index is 0. The number of hydrogen-bond acceptors (Lipinski definition) is 1. The average molecular weight is 488 g/mol. The van der Waals surface area contributed by atoms with Crippen LogP contribution in [-0.2, 0) is 0 Å². The molecule has 0 bridgehead atoms. The van der Waals surface area contributed by atoms with Crippen LogP contribution >= 0.6 is 35.2 Å². The maximum absolute atomic E-state index is 4.51. The molecule has 0 heterocycles. The van der Waals surface area contributed by atoms with Crippen molar-refractivity contribution in [2.75, 3.05) is 0 Å². The van der Waals surface area contributed by atoms with Gasteiger partial charge in [0, 0.05) is 8.82 Å². The summed E-state index contributed by atoms with van der Waals surface area (Å²) in [6, 6.07) is 8.45. The van der Waals surface area contributed by atoms with E-state index >= 15 is 0 Å². The zero-order valence-corrected chi connectivity index (χ0v) is 13.0. The monoisotopic (exact) mass is 488 g/mol. The summed E-state index contributed by atoms with van der Waals surface area (Å²) in [7, 11) is 0. The molecule has 0 aliphatic carbocycles. The normalized spacial score (nSPS) is 11.9. The summed E-state index contributed by atoms with van der Waals surface area (Å²) in [5, 5.41) is 0. The van der Waals surface area contributed by atoms with Gasteiger partial charge in [0.1, 0.15) is 0 Å². The Morgan fingerprint density at radius 1 is 1.12 bits per heavy atom. The van der Waals surface area contributed by atoms with E-state index in [1.807, 2.05) is 0 Å². The number of unbranched alkanes of at least 4 members (excludes halogenated alkanes) is 4. The van der Waals surface area contributed by atoms with Gasteiger partial charge in [0.25, 0.3) is 0 Å². The molecule has 0 saturated heterocycles. The molecule has 0 amide bonds. The third-order valence-electron chi connectivity index (χ3n) is 2.84. The number of hydrogen-bond donors (Lipinski definition) is 1. The fourth-order valence-electron chi connectivity index (χ4n) is 1.84. The number of rotatable bonds is 7. The Labute approximate surface area is 165 Å². The molecule has 0 aromatic heterocycles. The van der Waals surface area contributed by atoms with E-state index in [-0.39, 0.29) is 48.9 Å². The van der Waals surface area contributed by atoms with E-state index in [1.165, 1.54) is 44.1 Å². The van der Waals surface area contributed by atoms with Crippen molar-refractivity contribution in [3.63, 3.8) is 0 Å². The molecule has 0 saturated carbocycles. The van der Waals surface area contributed by atoms with Crippen molar-refractivity contribution in [1.82, 2.24) is 0 Å². The first-order valence-electron chi connectivity index (χ1n) is 6.17. The minimum absolute atomic E-state index is 0. The van der Waals surface area contributed by atoms with Crippen LogP contribution in [0.1, 0.15) is 54.9 Å². The summed E-state index contributed by atoms with van der Waals surface area (Å²) in [6.07, 6.45) is 8.10. The quantitative estimate of drug-likeness (QED) is 0.183. The van der Waals surface area contributed by atoms with Gasteiger partial charge in [-0.1, -0.05) is 79.8 Å². The van der Waals surface area contributed by atoms with Crippen LogP contribution in [0.15, 0.2) is 29.2 Å². The number of benzene rings is 1. The fourth-order valence-corrected chi connectivity index (χ4v) is 3.38. The van der Waals surface area contributed by atoms with Crippen LogP contribution in [0.5, 0.6) is 0 Å². The van der Waals surface area contributed by atoms with Crippen LogP contribution in [0.25, 0.3) is 0 Å². The Balaban J connectivity index is 0.00000256. The molecule has 0 radical (unpaired) electrons. The molecule has 1 aromatic carbocycles. The first-order valence-corrected chi connectivity index (χ1v) is 7.87.